The van der Waals surface area contributed by atoms with Crippen molar-refractivity contribution in [2.45, 2.75) is 32.0 Å². The molecule has 0 aliphatic carbocycles. The highest BCUT2D eigenvalue weighted by Gasteiger charge is 2.35. The van der Waals surface area contributed by atoms with Crippen LogP contribution in [0.3, 0.4) is 0 Å². The molecule has 0 radical (unpaired) electrons. The number of hydrogen-bond donors (Lipinski definition) is 1. The van der Waals surface area contributed by atoms with Gasteiger partial charge in [-0.05, 0) is 18.9 Å². The highest BCUT2D eigenvalue weighted by atomic mass is 19.4. The molecule has 0 heterocycles. The smallest absolute Gasteiger partial charge is 0.388 e. The fraction of sp³-hybridized carbons (Fsp3) is 0.385. The van der Waals surface area contributed by atoms with Crippen molar-refractivity contribution in [2.75, 3.05) is 0 Å². The average Bonchev–Trinajstić information content (AvgIpc) is 2.27. The third kappa shape index (κ3) is 3.32. The van der Waals surface area contributed by atoms with E-state index in [-0.39, 0.29) is 12.0 Å². The topological polar surface area (TPSA) is 20.2 Å². The minimum Gasteiger partial charge on any atom is -0.388 e. The van der Waals surface area contributed by atoms with E-state index in [1.54, 1.807) is 6.92 Å². The van der Waals surface area contributed by atoms with Crippen LogP contribution in [0.1, 0.15) is 37.0 Å². The lowest BCUT2D eigenvalue weighted by Gasteiger charge is -2.16. The number of aliphatic hydroxyl groups is 1. The standard InChI is InChI=1S/C13H14F4O/c1-3-8(2)7-11(18)9-5-4-6-10(12(9)14)13(15,16)17/h4-6,11,18H,2-3,7H2,1H3. The summed E-state index contributed by atoms with van der Waals surface area (Å²) in [5.41, 5.74) is -1.06. The second-order valence-electron chi connectivity index (χ2n) is 4.03. The lowest BCUT2D eigenvalue weighted by atomic mass is 9.98. The largest absolute Gasteiger partial charge is 0.419 e. The van der Waals surface area contributed by atoms with Gasteiger partial charge < -0.3 is 5.11 Å². The van der Waals surface area contributed by atoms with Crippen LogP contribution in [-0.4, -0.2) is 5.11 Å². The van der Waals surface area contributed by atoms with Crippen LogP contribution in [0.5, 0.6) is 0 Å². The summed E-state index contributed by atoms with van der Waals surface area (Å²) in [5.74, 6) is -1.42. The van der Waals surface area contributed by atoms with Crippen LogP contribution in [0.25, 0.3) is 0 Å². The molecule has 0 amide bonds. The summed E-state index contributed by atoms with van der Waals surface area (Å²) in [6.07, 6.45) is -5.44. The third-order valence-corrected chi connectivity index (χ3v) is 2.68. The van der Waals surface area contributed by atoms with Crippen LogP contribution in [0.2, 0.25) is 0 Å². The minimum atomic E-state index is -4.76. The Labute approximate surface area is 103 Å². The van der Waals surface area contributed by atoms with E-state index < -0.39 is 23.7 Å². The van der Waals surface area contributed by atoms with Crippen molar-refractivity contribution in [2.24, 2.45) is 0 Å². The van der Waals surface area contributed by atoms with Gasteiger partial charge in [0.1, 0.15) is 5.82 Å². The Bertz CT molecular complexity index is 437. The maximum atomic E-state index is 13.7. The van der Waals surface area contributed by atoms with Crippen molar-refractivity contribution in [3.63, 3.8) is 0 Å². The molecule has 1 nitrogen and oxygen atoms in total. The van der Waals surface area contributed by atoms with E-state index in [0.29, 0.717) is 18.1 Å². The SMILES string of the molecule is C=C(CC)CC(O)c1cccc(C(F)(F)F)c1F. The summed E-state index contributed by atoms with van der Waals surface area (Å²) in [7, 11) is 0. The van der Waals surface area contributed by atoms with E-state index >= 15 is 0 Å². The van der Waals surface area contributed by atoms with Crippen molar-refractivity contribution < 1.29 is 22.7 Å². The van der Waals surface area contributed by atoms with Gasteiger partial charge in [-0.25, -0.2) is 4.39 Å². The molecule has 0 aliphatic rings. The maximum Gasteiger partial charge on any atom is 0.419 e. The molecule has 100 valence electrons. The molecule has 0 bridgehead atoms. The molecule has 0 saturated carbocycles. The van der Waals surface area contributed by atoms with Gasteiger partial charge in [0.2, 0.25) is 0 Å². The lowest BCUT2D eigenvalue weighted by molar-refractivity contribution is -0.140. The quantitative estimate of drug-likeness (QED) is 0.635. The fourth-order valence-electron chi connectivity index (χ4n) is 1.55. The Kier molecular flexibility index (Phi) is 4.51. The second kappa shape index (κ2) is 5.52. The number of hydrogen-bond acceptors (Lipinski definition) is 1. The zero-order valence-corrected chi connectivity index (χ0v) is 9.89. The molecule has 18 heavy (non-hydrogen) atoms. The minimum absolute atomic E-state index is 0.0503. The molecule has 0 aromatic heterocycles. The molecule has 0 fully saturated rings. The first kappa shape index (κ1) is 14.7. The first-order valence-electron chi connectivity index (χ1n) is 5.47. The van der Waals surface area contributed by atoms with E-state index in [1.807, 2.05) is 0 Å². The second-order valence-corrected chi connectivity index (χ2v) is 4.03. The monoisotopic (exact) mass is 262 g/mol. The zero-order chi connectivity index (χ0) is 13.9. The van der Waals surface area contributed by atoms with Gasteiger partial charge in [0.15, 0.2) is 0 Å². The molecular formula is C13H14F4O. The Morgan fingerprint density at radius 2 is 2.00 bits per heavy atom. The molecule has 1 aromatic rings. The Morgan fingerprint density at radius 3 is 2.50 bits per heavy atom. The van der Waals surface area contributed by atoms with Crippen LogP contribution in [-0.2, 0) is 6.18 Å². The summed E-state index contributed by atoms with van der Waals surface area (Å²) in [5, 5.41) is 9.72. The van der Waals surface area contributed by atoms with Gasteiger partial charge in [-0.1, -0.05) is 31.2 Å². The van der Waals surface area contributed by atoms with Crippen LogP contribution in [0.4, 0.5) is 17.6 Å². The molecule has 0 aliphatic heterocycles. The summed E-state index contributed by atoms with van der Waals surface area (Å²) in [6.45, 7) is 5.44. The lowest BCUT2D eigenvalue weighted by Crippen LogP contribution is -2.12. The van der Waals surface area contributed by atoms with Crippen molar-refractivity contribution >= 4 is 0 Å². The number of halogens is 4. The van der Waals surface area contributed by atoms with E-state index in [0.717, 1.165) is 12.1 Å². The van der Waals surface area contributed by atoms with Crippen LogP contribution in [0.15, 0.2) is 30.4 Å². The molecule has 1 rings (SSSR count). The average molecular weight is 262 g/mol. The molecule has 0 saturated heterocycles. The number of benzene rings is 1. The van der Waals surface area contributed by atoms with E-state index in [9.17, 15) is 22.7 Å². The van der Waals surface area contributed by atoms with Crippen molar-refractivity contribution in [1.82, 2.24) is 0 Å². The van der Waals surface area contributed by atoms with Crippen LogP contribution < -0.4 is 0 Å². The molecule has 1 N–H and O–H groups in total. The summed E-state index contributed by atoms with van der Waals surface area (Å²) in [6, 6.07) is 2.89. The van der Waals surface area contributed by atoms with Gasteiger partial charge in [-0.15, -0.1) is 0 Å². The highest BCUT2D eigenvalue weighted by Crippen LogP contribution is 2.35. The molecular weight excluding hydrogens is 248 g/mol. The maximum absolute atomic E-state index is 13.7. The number of alkyl halides is 3. The first-order chi connectivity index (χ1) is 8.27. The van der Waals surface area contributed by atoms with Crippen LogP contribution in [0, 0.1) is 5.82 Å². The van der Waals surface area contributed by atoms with E-state index in [1.165, 1.54) is 0 Å². The molecule has 1 atom stereocenters. The highest BCUT2D eigenvalue weighted by molar-refractivity contribution is 5.30. The van der Waals surface area contributed by atoms with Crippen molar-refractivity contribution in [3.05, 3.63) is 47.3 Å². The summed E-state index contributed by atoms with van der Waals surface area (Å²) in [4.78, 5) is 0. The van der Waals surface area contributed by atoms with Crippen molar-refractivity contribution in [1.29, 1.82) is 0 Å². The van der Waals surface area contributed by atoms with Crippen LogP contribution >= 0.6 is 0 Å². The predicted octanol–water partition coefficient (Wildman–Crippen LogP) is 4.23. The summed E-state index contributed by atoms with van der Waals surface area (Å²) >= 11 is 0. The van der Waals surface area contributed by atoms with E-state index in [2.05, 4.69) is 6.58 Å². The molecule has 0 spiro atoms. The van der Waals surface area contributed by atoms with Gasteiger partial charge in [0.25, 0.3) is 0 Å². The Balaban J connectivity index is 3.07. The zero-order valence-electron chi connectivity index (χ0n) is 9.89. The fourth-order valence-corrected chi connectivity index (χ4v) is 1.55. The first-order valence-corrected chi connectivity index (χ1v) is 5.47. The normalized spacial score (nSPS) is 13.4. The molecule has 1 unspecified atom stereocenters. The third-order valence-electron chi connectivity index (χ3n) is 2.68. The van der Waals surface area contributed by atoms with E-state index in [4.69, 9.17) is 0 Å². The molecule has 1 aromatic carbocycles. The van der Waals surface area contributed by atoms with Gasteiger partial charge in [0.05, 0.1) is 11.7 Å². The Hall–Kier alpha value is -1.36. The molecule has 5 heteroatoms. The number of aliphatic hydroxyl groups excluding tert-OH is 1. The Morgan fingerprint density at radius 1 is 1.39 bits per heavy atom. The number of rotatable bonds is 4. The van der Waals surface area contributed by atoms with Gasteiger partial charge in [0, 0.05) is 5.56 Å². The van der Waals surface area contributed by atoms with Gasteiger partial charge >= 0.3 is 6.18 Å². The van der Waals surface area contributed by atoms with Gasteiger partial charge in [-0.3, -0.25) is 0 Å². The summed E-state index contributed by atoms with van der Waals surface area (Å²) < 4.78 is 51.1. The van der Waals surface area contributed by atoms with Crippen molar-refractivity contribution in [3.8, 4) is 0 Å². The predicted molar refractivity (Wildman–Crippen MR) is 60.4 cm³/mol. The van der Waals surface area contributed by atoms with Gasteiger partial charge in [-0.2, -0.15) is 13.2 Å².